The summed E-state index contributed by atoms with van der Waals surface area (Å²) in [6.07, 6.45) is -1.34. The highest BCUT2D eigenvalue weighted by Crippen LogP contribution is 2.00. The van der Waals surface area contributed by atoms with Crippen molar-refractivity contribution in [1.82, 2.24) is 0 Å². The number of primary amides is 1. The van der Waals surface area contributed by atoms with Gasteiger partial charge < -0.3 is 15.9 Å². The summed E-state index contributed by atoms with van der Waals surface area (Å²) in [5.74, 6) is 0. The fourth-order valence-corrected chi connectivity index (χ4v) is 0.773. The zero-order valence-corrected chi connectivity index (χ0v) is 8.57. The number of nitrogens with two attached hydrogens (primary N) is 1. The number of nitriles is 1. The predicted octanol–water partition coefficient (Wildman–Crippen LogP) is 1.28. The van der Waals surface area contributed by atoms with E-state index >= 15 is 0 Å². The van der Waals surface area contributed by atoms with E-state index in [-0.39, 0.29) is 0 Å². The van der Waals surface area contributed by atoms with Gasteiger partial charge in [0.2, 0.25) is 0 Å². The van der Waals surface area contributed by atoms with Crippen molar-refractivity contribution in [2.75, 3.05) is 0 Å². The minimum atomic E-state index is -1.33. The van der Waals surface area contributed by atoms with Crippen LogP contribution in [0.5, 0.6) is 0 Å². The van der Waals surface area contributed by atoms with Gasteiger partial charge in [0, 0.05) is 6.21 Å². The van der Waals surface area contributed by atoms with Crippen LogP contribution in [0.1, 0.15) is 11.1 Å². The number of carbonyl (C=O) groups is 2. The van der Waals surface area contributed by atoms with E-state index in [4.69, 9.17) is 20.3 Å². The predicted molar refractivity (Wildman–Crippen MR) is 59.0 cm³/mol. The lowest BCUT2D eigenvalue weighted by molar-refractivity contribution is 0.204. The van der Waals surface area contributed by atoms with Crippen LogP contribution in [0.2, 0.25) is 0 Å². The van der Waals surface area contributed by atoms with Crippen LogP contribution in [0.25, 0.3) is 0 Å². The fraction of sp³-hybridized carbons (Fsp3) is 0. The molecule has 17 heavy (non-hydrogen) atoms. The van der Waals surface area contributed by atoms with Crippen molar-refractivity contribution in [2.24, 2.45) is 10.7 Å². The molecule has 1 aromatic carbocycles. The van der Waals surface area contributed by atoms with Crippen molar-refractivity contribution in [3.8, 4) is 6.07 Å². The quantitative estimate of drug-likeness (QED) is 0.629. The Balaban J connectivity index is 0.000000557. The SMILES string of the molecule is N#Cc1ccc(C=NC(=O)O)cc1.NC(=O)O. The Morgan fingerprint density at radius 1 is 1.29 bits per heavy atom. The molecular weight excluding hydrogens is 226 g/mol. The summed E-state index contributed by atoms with van der Waals surface area (Å²) >= 11 is 0. The highest BCUT2D eigenvalue weighted by Gasteiger charge is 1.91. The summed E-state index contributed by atoms with van der Waals surface area (Å²) in [5, 5.41) is 23.9. The first kappa shape index (κ1) is 14.1. The number of hydrogen-bond acceptors (Lipinski definition) is 3. The molecule has 0 saturated heterocycles. The molecule has 0 aromatic heterocycles. The van der Waals surface area contributed by atoms with E-state index in [9.17, 15) is 4.79 Å². The number of benzene rings is 1. The summed E-state index contributed by atoms with van der Waals surface area (Å²) in [6, 6.07) is 8.42. The molecular formula is C10H9N3O4. The second kappa shape index (κ2) is 7.42. The van der Waals surface area contributed by atoms with Crippen LogP contribution in [0.4, 0.5) is 9.59 Å². The van der Waals surface area contributed by atoms with Gasteiger partial charge in [-0.15, -0.1) is 0 Å². The van der Waals surface area contributed by atoms with Crippen molar-refractivity contribution in [3.05, 3.63) is 35.4 Å². The number of aliphatic imine (C=N–C) groups is 1. The van der Waals surface area contributed by atoms with Crippen LogP contribution in [0, 0.1) is 11.3 Å². The lowest BCUT2D eigenvalue weighted by Crippen LogP contribution is -2.03. The lowest BCUT2D eigenvalue weighted by Gasteiger charge is -1.90. The van der Waals surface area contributed by atoms with E-state index in [0.29, 0.717) is 11.1 Å². The average Bonchev–Trinajstić information content (AvgIpc) is 2.26. The van der Waals surface area contributed by atoms with E-state index in [2.05, 4.69) is 10.7 Å². The van der Waals surface area contributed by atoms with Gasteiger partial charge >= 0.3 is 12.2 Å². The molecule has 0 aliphatic heterocycles. The molecule has 1 rings (SSSR count). The summed E-state index contributed by atoms with van der Waals surface area (Å²) in [4.78, 5) is 22.0. The van der Waals surface area contributed by atoms with Crippen LogP contribution in [0.3, 0.4) is 0 Å². The van der Waals surface area contributed by atoms with Gasteiger partial charge in [0.1, 0.15) is 0 Å². The Morgan fingerprint density at radius 2 is 1.76 bits per heavy atom. The van der Waals surface area contributed by atoms with Crippen LogP contribution < -0.4 is 5.73 Å². The smallest absolute Gasteiger partial charge is 0.431 e. The molecule has 0 atom stereocenters. The van der Waals surface area contributed by atoms with E-state index in [0.717, 1.165) is 0 Å². The Hall–Kier alpha value is -2.88. The number of rotatable bonds is 1. The Kier molecular flexibility index (Phi) is 6.16. The minimum Gasteiger partial charge on any atom is -0.465 e. The van der Waals surface area contributed by atoms with Gasteiger partial charge in [-0.25, -0.2) is 9.59 Å². The maximum absolute atomic E-state index is 10.0. The van der Waals surface area contributed by atoms with E-state index in [1.807, 2.05) is 6.07 Å². The third-order valence-electron chi connectivity index (χ3n) is 1.36. The molecule has 88 valence electrons. The Morgan fingerprint density at radius 3 is 2.12 bits per heavy atom. The molecule has 0 spiro atoms. The van der Waals surface area contributed by atoms with Crippen LogP contribution in [0.15, 0.2) is 29.3 Å². The first-order valence-corrected chi connectivity index (χ1v) is 4.21. The maximum atomic E-state index is 10.0. The van der Waals surface area contributed by atoms with Gasteiger partial charge in [-0.2, -0.15) is 10.3 Å². The lowest BCUT2D eigenvalue weighted by atomic mass is 10.2. The summed E-state index contributed by atoms with van der Waals surface area (Å²) < 4.78 is 0. The van der Waals surface area contributed by atoms with Gasteiger partial charge in [-0.1, -0.05) is 12.1 Å². The van der Waals surface area contributed by atoms with Gasteiger partial charge in [-0.05, 0) is 17.7 Å². The second-order valence-corrected chi connectivity index (χ2v) is 2.61. The Labute approximate surface area is 96.4 Å². The third-order valence-corrected chi connectivity index (χ3v) is 1.36. The van der Waals surface area contributed by atoms with Crippen molar-refractivity contribution in [3.63, 3.8) is 0 Å². The molecule has 0 bridgehead atoms. The zero-order chi connectivity index (χ0) is 13.3. The molecule has 2 amide bonds. The molecule has 7 nitrogen and oxygen atoms in total. The maximum Gasteiger partial charge on any atom is 0.431 e. The van der Waals surface area contributed by atoms with Crippen LogP contribution in [-0.2, 0) is 0 Å². The number of hydrogen-bond donors (Lipinski definition) is 3. The summed E-state index contributed by atoms with van der Waals surface area (Å²) in [7, 11) is 0. The van der Waals surface area contributed by atoms with E-state index in [1.165, 1.54) is 6.21 Å². The number of nitrogens with zero attached hydrogens (tertiary/aromatic N) is 2. The topological polar surface area (TPSA) is 137 Å². The molecule has 0 saturated carbocycles. The zero-order valence-electron chi connectivity index (χ0n) is 8.57. The second-order valence-electron chi connectivity index (χ2n) is 2.61. The molecule has 0 fully saturated rings. The van der Waals surface area contributed by atoms with Gasteiger partial charge in [0.05, 0.1) is 11.6 Å². The van der Waals surface area contributed by atoms with E-state index < -0.39 is 12.2 Å². The standard InChI is InChI=1S/C9H6N2O2.CH3NO2/c10-5-7-1-3-8(4-2-7)6-11-9(12)13;2-1(3)4/h1-4,6H,(H,12,13);2H2,(H,3,4). The van der Waals surface area contributed by atoms with Gasteiger partial charge in [0.25, 0.3) is 0 Å². The highest BCUT2D eigenvalue weighted by atomic mass is 16.4. The largest absolute Gasteiger partial charge is 0.465 e. The average molecular weight is 235 g/mol. The first-order chi connectivity index (χ1) is 7.95. The van der Waals surface area contributed by atoms with Gasteiger partial charge in [-0.3, -0.25) is 0 Å². The van der Waals surface area contributed by atoms with Crippen molar-refractivity contribution >= 4 is 18.4 Å². The molecule has 1 aromatic rings. The summed E-state index contributed by atoms with van der Waals surface area (Å²) in [6.45, 7) is 0. The first-order valence-electron chi connectivity index (χ1n) is 4.21. The Bertz CT molecular complexity index is 455. The molecule has 4 N–H and O–H groups in total. The molecule has 0 unspecified atom stereocenters. The molecule has 0 aliphatic rings. The fourth-order valence-electron chi connectivity index (χ4n) is 0.773. The monoisotopic (exact) mass is 235 g/mol. The van der Waals surface area contributed by atoms with Crippen LogP contribution >= 0.6 is 0 Å². The van der Waals surface area contributed by atoms with Crippen molar-refractivity contribution in [1.29, 1.82) is 5.26 Å². The van der Waals surface area contributed by atoms with Crippen LogP contribution in [-0.4, -0.2) is 28.6 Å². The number of carboxylic acid groups (broad SMARTS) is 2. The number of amides is 2. The van der Waals surface area contributed by atoms with E-state index in [1.54, 1.807) is 24.3 Å². The minimum absolute atomic E-state index is 0.535. The van der Waals surface area contributed by atoms with Gasteiger partial charge in [0.15, 0.2) is 0 Å². The molecule has 0 heterocycles. The third kappa shape index (κ3) is 8.14. The normalized spacial score (nSPS) is 8.88. The highest BCUT2D eigenvalue weighted by molar-refractivity contribution is 5.88. The molecule has 0 aliphatic carbocycles. The van der Waals surface area contributed by atoms with Crippen molar-refractivity contribution < 1.29 is 19.8 Å². The molecule has 7 heteroatoms. The summed E-state index contributed by atoms with van der Waals surface area (Å²) in [5.41, 5.74) is 5.22. The molecule has 0 radical (unpaired) electrons. The van der Waals surface area contributed by atoms with Crippen molar-refractivity contribution in [2.45, 2.75) is 0 Å².